The highest BCUT2D eigenvalue weighted by Gasteiger charge is 2.16. The fourth-order valence-corrected chi connectivity index (χ4v) is 2.15. The van der Waals surface area contributed by atoms with E-state index in [1.165, 1.54) is 6.07 Å². The third-order valence-electron chi connectivity index (χ3n) is 2.44. The van der Waals surface area contributed by atoms with Crippen molar-refractivity contribution in [3.05, 3.63) is 57.8 Å². The molecule has 0 saturated carbocycles. The van der Waals surface area contributed by atoms with Crippen molar-refractivity contribution in [2.24, 2.45) is 0 Å². The molecule has 0 spiro atoms. The standard InChI is InChI=1S/C13H7BrF3NOS/c14-9-2-1-7(20)5-8(9)13(19)18-11-4-6(15)3-10(16)12(11)17/h1-5,20H,(H,18,19). The van der Waals surface area contributed by atoms with Crippen LogP contribution < -0.4 is 5.32 Å². The minimum atomic E-state index is -1.37. The number of halogens is 4. The average molecular weight is 362 g/mol. The first-order valence-corrected chi connectivity index (χ1v) is 6.57. The molecule has 0 aliphatic carbocycles. The van der Waals surface area contributed by atoms with Gasteiger partial charge in [-0.25, -0.2) is 13.2 Å². The summed E-state index contributed by atoms with van der Waals surface area (Å²) in [6.07, 6.45) is 0. The third kappa shape index (κ3) is 3.16. The molecule has 0 heterocycles. The van der Waals surface area contributed by atoms with Crippen LogP contribution in [-0.2, 0) is 0 Å². The van der Waals surface area contributed by atoms with Crippen LogP contribution in [0.4, 0.5) is 18.9 Å². The van der Waals surface area contributed by atoms with Gasteiger partial charge in [0, 0.05) is 21.5 Å². The maximum atomic E-state index is 13.5. The Hall–Kier alpha value is -1.47. The molecule has 0 aliphatic rings. The van der Waals surface area contributed by atoms with E-state index >= 15 is 0 Å². The highest BCUT2D eigenvalue weighted by Crippen LogP contribution is 2.24. The van der Waals surface area contributed by atoms with E-state index in [1.807, 2.05) is 0 Å². The van der Waals surface area contributed by atoms with E-state index in [0.717, 1.165) is 0 Å². The highest BCUT2D eigenvalue weighted by molar-refractivity contribution is 9.10. The van der Waals surface area contributed by atoms with Crippen LogP contribution in [-0.4, -0.2) is 5.91 Å². The molecule has 0 aliphatic heterocycles. The molecule has 2 nitrogen and oxygen atoms in total. The van der Waals surface area contributed by atoms with Gasteiger partial charge in [-0.2, -0.15) is 0 Å². The molecular weight excluding hydrogens is 355 g/mol. The van der Waals surface area contributed by atoms with Gasteiger partial charge in [0.05, 0.1) is 11.3 Å². The normalized spacial score (nSPS) is 10.4. The van der Waals surface area contributed by atoms with Crippen LogP contribution in [0.1, 0.15) is 10.4 Å². The van der Waals surface area contributed by atoms with Crippen molar-refractivity contribution in [3.8, 4) is 0 Å². The SMILES string of the molecule is O=C(Nc1cc(F)cc(F)c1F)c1cc(S)ccc1Br. The molecular formula is C13H7BrF3NOS. The molecule has 0 radical (unpaired) electrons. The zero-order valence-corrected chi connectivity index (χ0v) is 12.2. The van der Waals surface area contributed by atoms with Crippen LogP contribution in [0.2, 0.25) is 0 Å². The van der Waals surface area contributed by atoms with Crippen molar-refractivity contribution in [1.82, 2.24) is 0 Å². The van der Waals surface area contributed by atoms with E-state index < -0.39 is 29.0 Å². The van der Waals surface area contributed by atoms with Gasteiger partial charge in [0.15, 0.2) is 11.6 Å². The molecule has 0 fully saturated rings. The number of carbonyl (C=O) groups is 1. The van der Waals surface area contributed by atoms with Crippen molar-refractivity contribution in [2.45, 2.75) is 4.90 Å². The first-order valence-electron chi connectivity index (χ1n) is 5.33. The summed E-state index contributed by atoms with van der Waals surface area (Å²) in [4.78, 5) is 12.5. The van der Waals surface area contributed by atoms with Crippen molar-refractivity contribution in [1.29, 1.82) is 0 Å². The number of benzene rings is 2. The van der Waals surface area contributed by atoms with Gasteiger partial charge in [0.1, 0.15) is 5.82 Å². The second-order valence-electron chi connectivity index (χ2n) is 3.87. The maximum Gasteiger partial charge on any atom is 0.256 e. The van der Waals surface area contributed by atoms with Crippen LogP contribution in [0.15, 0.2) is 39.7 Å². The molecule has 1 amide bonds. The summed E-state index contributed by atoms with van der Waals surface area (Å²) in [5.74, 6) is -4.39. The number of carbonyl (C=O) groups excluding carboxylic acids is 1. The minimum Gasteiger partial charge on any atom is -0.319 e. The van der Waals surface area contributed by atoms with E-state index in [0.29, 0.717) is 21.5 Å². The fourth-order valence-electron chi connectivity index (χ4n) is 1.52. The molecule has 104 valence electrons. The van der Waals surface area contributed by atoms with Crippen LogP contribution >= 0.6 is 28.6 Å². The summed E-state index contributed by atoms with van der Waals surface area (Å²) < 4.78 is 40.0. The van der Waals surface area contributed by atoms with Crippen LogP contribution in [0.3, 0.4) is 0 Å². The van der Waals surface area contributed by atoms with Gasteiger partial charge in [-0.3, -0.25) is 4.79 Å². The highest BCUT2D eigenvalue weighted by atomic mass is 79.9. The minimum absolute atomic E-state index is 0.168. The van der Waals surface area contributed by atoms with Crippen molar-refractivity contribution in [2.75, 3.05) is 5.32 Å². The number of nitrogens with one attached hydrogen (secondary N) is 1. The van der Waals surface area contributed by atoms with Gasteiger partial charge in [-0.1, -0.05) is 0 Å². The summed E-state index contributed by atoms with van der Waals surface area (Å²) in [5.41, 5.74) is -0.398. The zero-order valence-electron chi connectivity index (χ0n) is 9.75. The molecule has 2 rings (SSSR count). The summed E-state index contributed by atoms with van der Waals surface area (Å²) >= 11 is 7.24. The van der Waals surface area contributed by atoms with Crippen molar-refractivity contribution in [3.63, 3.8) is 0 Å². The maximum absolute atomic E-state index is 13.5. The zero-order chi connectivity index (χ0) is 14.9. The molecule has 7 heteroatoms. The Morgan fingerprint density at radius 2 is 1.85 bits per heavy atom. The van der Waals surface area contributed by atoms with Crippen LogP contribution in [0.25, 0.3) is 0 Å². The first-order chi connectivity index (χ1) is 9.38. The van der Waals surface area contributed by atoms with Gasteiger partial charge in [0.25, 0.3) is 5.91 Å². The average Bonchev–Trinajstić information content (AvgIpc) is 2.38. The topological polar surface area (TPSA) is 29.1 Å². The Balaban J connectivity index is 2.35. The molecule has 2 aromatic rings. The summed E-state index contributed by atoms with van der Waals surface area (Å²) in [7, 11) is 0. The van der Waals surface area contributed by atoms with E-state index in [4.69, 9.17) is 0 Å². The Morgan fingerprint density at radius 3 is 2.55 bits per heavy atom. The second kappa shape index (κ2) is 5.88. The predicted molar refractivity (Wildman–Crippen MR) is 75.7 cm³/mol. The fraction of sp³-hybridized carbons (Fsp3) is 0. The molecule has 0 saturated heterocycles. The first kappa shape index (κ1) is 14.9. The van der Waals surface area contributed by atoms with Gasteiger partial charge in [-0.15, -0.1) is 12.6 Å². The van der Waals surface area contributed by atoms with Gasteiger partial charge < -0.3 is 5.32 Å². The molecule has 20 heavy (non-hydrogen) atoms. The largest absolute Gasteiger partial charge is 0.319 e. The lowest BCUT2D eigenvalue weighted by Gasteiger charge is -2.09. The molecule has 0 atom stereocenters. The van der Waals surface area contributed by atoms with Crippen molar-refractivity contribution < 1.29 is 18.0 Å². The van der Waals surface area contributed by atoms with Crippen LogP contribution in [0.5, 0.6) is 0 Å². The molecule has 0 unspecified atom stereocenters. The third-order valence-corrected chi connectivity index (χ3v) is 3.41. The van der Waals surface area contributed by atoms with E-state index in [1.54, 1.807) is 12.1 Å². The van der Waals surface area contributed by atoms with Crippen molar-refractivity contribution >= 4 is 40.2 Å². The molecule has 1 N–H and O–H groups in total. The Morgan fingerprint density at radius 1 is 1.15 bits per heavy atom. The number of hydrogen-bond donors (Lipinski definition) is 2. The number of hydrogen-bond acceptors (Lipinski definition) is 2. The lowest BCUT2D eigenvalue weighted by atomic mass is 10.2. The molecule has 2 aromatic carbocycles. The number of thiol groups is 1. The van der Waals surface area contributed by atoms with Gasteiger partial charge >= 0.3 is 0 Å². The molecule has 0 aromatic heterocycles. The van der Waals surface area contributed by atoms with E-state index in [2.05, 4.69) is 33.9 Å². The quantitative estimate of drug-likeness (QED) is 0.602. The number of amides is 1. The Labute approximate surface area is 126 Å². The van der Waals surface area contributed by atoms with E-state index in [9.17, 15) is 18.0 Å². The summed E-state index contributed by atoms with van der Waals surface area (Å²) in [6, 6.07) is 5.77. The Bertz CT molecular complexity index is 694. The monoisotopic (exact) mass is 361 g/mol. The number of rotatable bonds is 2. The van der Waals surface area contributed by atoms with Gasteiger partial charge in [0.2, 0.25) is 0 Å². The molecule has 0 bridgehead atoms. The summed E-state index contributed by atoms with van der Waals surface area (Å²) in [6.45, 7) is 0. The van der Waals surface area contributed by atoms with E-state index in [-0.39, 0.29) is 5.56 Å². The second-order valence-corrected chi connectivity index (χ2v) is 5.24. The van der Waals surface area contributed by atoms with Crippen LogP contribution in [0, 0.1) is 17.5 Å². The smallest absolute Gasteiger partial charge is 0.256 e. The summed E-state index contributed by atoms with van der Waals surface area (Å²) in [5, 5.41) is 2.12. The lowest BCUT2D eigenvalue weighted by molar-refractivity contribution is 0.102. The number of anilines is 1. The lowest BCUT2D eigenvalue weighted by Crippen LogP contribution is -2.14. The van der Waals surface area contributed by atoms with Gasteiger partial charge in [-0.05, 0) is 34.1 Å². The predicted octanol–water partition coefficient (Wildman–Crippen LogP) is 4.41. The Kier molecular flexibility index (Phi) is 4.39.